The molecule has 0 radical (unpaired) electrons. The van der Waals surface area contributed by atoms with Gasteiger partial charge in [0.1, 0.15) is 5.75 Å². The first-order valence-electron chi connectivity index (χ1n) is 7.01. The van der Waals surface area contributed by atoms with Gasteiger partial charge in [-0.3, -0.25) is 0 Å². The molecule has 0 heterocycles. The molecule has 1 atom stereocenters. The lowest BCUT2D eigenvalue weighted by Gasteiger charge is -2.39. The van der Waals surface area contributed by atoms with E-state index in [0.717, 1.165) is 12.1 Å². The summed E-state index contributed by atoms with van der Waals surface area (Å²) >= 11 is 0. The van der Waals surface area contributed by atoms with E-state index in [9.17, 15) is 5.11 Å². The van der Waals surface area contributed by atoms with Crippen molar-refractivity contribution < 1.29 is 5.11 Å². The molecular formula is C16H25NO. The van der Waals surface area contributed by atoms with E-state index >= 15 is 0 Å². The van der Waals surface area contributed by atoms with Crippen LogP contribution in [-0.2, 0) is 6.54 Å². The van der Waals surface area contributed by atoms with Crippen LogP contribution in [0.4, 0.5) is 0 Å². The van der Waals surface area contributed by atoms with Crippen LogP contribution < -0.4 is 5.32 Å². The van der Waals surface area contributed by atoms with E-state index in [1.54, 1.807) is 6.07 Å². The summed E-state index contributed by atoms with van der Waals surface area (Å²) in [6.45, 7) is 7.52. The highest BCUT2D eigenvalue weighted by molar-refractivity contribution is 5.35. The molecule has 0 saturated heterocycles. The van der Waals surface area contributed by atoms with E-state index in [0.29, 0.717) is 17.2 Å². The zero-order chi connectivity index (χ0) is 13.2. The van der Waals surface area contributed by atoms with Gasteiger partial charge < -0.3 is 10.4 Å². The number of aryl methyl sites for hydroxylation is 1. The Balaban J connectivity index is 2.00. The second-order valence-electron chi connectivity index (χ2n) is 6.30. The fourth-order valence-electron chi connectivity index (χ4n) is 2.96. The van der Waals surface area contributed by atoms with Gasteiger partial charge in [0.15, 0.2) is 0 Å². The lowest BCUT2D eigenvalue weighted by Crippen LogP contribution is -2.43. The summed E-state index contributed by atoms with van der Waals surface area (Å²) in [6.07, 6.45) is 5.21. The summed E-state index contributed by atoms with van der Waals surface area (Å²) in [5.41, 5.74) is 2.58. The van der Waals surface area contributed by atoms with E-state index in [2.05, 4.69) is 32.2 Å². The molecular weight excluding hydrogens is 222 g/mol. The number of rotatable bonds is 3. The highest BCUT2D eigenvalue weighted by Gasteiger charge is 2.31. The lowest BCUT2D eigenvalue weighted by atomic mass is 9.73. The van der Waals surface area contributed by atoms with Crippen molar-refractivity contribution in [3.63, 3.8) is 0 Å². The highest BCUT2D eigenvalue weighted by Crippen LogP contribution is 2.35. The van der Waals surface area contributed by atoms with Crippen LogP contribution in [0.3, 0.4) is 0 Å². The van der Waals surface area contributed by atoms with Crippen LogP contribution in [0.2, 0.25) is 0 Å². The summed E-state index contributed by atoms with van der Waals surface area (Å²) in [5, 5.41) is 13.5. The van der Waals surface area contributed by atoms with Crippen LogP contribution in [0.15, 0.2) is 18.2 Å². The Hall–Kier alpha value is -1.02. The Morgan fingerprint density at radius 1 is 1.33 bits per heavy atom. The quantitative estimate of drug-likeness (QED) is 0.852. The second-order valence-corrected chi connectivity index (χ2v) is 6.30. The summed E-state index contributed by atoms with van der Waals surface area (Å²) in [6, 6.07) is 6.37. The number of phenols is 1. The molecule has 18 heavy (non-hydrogen) atoms. The van der Waals surface area contributed by atoms with Gasteiger partial charge in [0.25, 0.3) is 0 Å². The van der Waals surface area contributed by atoms with Crippen LogP contribution >= 0.6 is 0 Å². The Bertz CT molecular complexity index is 412. The first kappa shape index (κ1) is 13.4. The van der Waals surface area contributed by atoms with Crippen LogP contribution in [0.5, 0.6) is 5.75 Å². The third-order valence-corrected chi connectivity index (χ3v) is 4.28. The average molecular weight is 247 g/mol. The fourth-order valence-corrected chi connectivity index (χ4v) is 2.96. The number of hydrogen-bond donors (Lipinski definition) is 2. The van der Waals surface area contributed by atoms with Gasteiger partial charge in [-0.1, -0.05) is 44.4 Å². The number of benzene rings is 1. The van der Waals surface area contributed by atoms with E-state index in [-0.39, 0.29) is 0 Å². The van der Waals surface area contributed by atoms with Gasteiger partial charge in [-0.2, -0.15) is 0 Å². The van der Waals surface area contributed by atoms with Crippen LogP contribution in [0.25, 0.3) is 0 Å². The monoisotopic (exact) mass is 247 g/mol. The molecule has 100 valence electrons. The molecule has 1 saturated carbocycles. The Labute approximate surface area is 110 Å². The predicted molar refractivity (Wildman–Crippen MR) is 75.7 cm³/mol. The molecule has 0 aromatic heterocycles. The topological polar surface area (TPSA) is 32.3 Å². The van der Waals surface area contributed by atoms with Crippen molar-refractivity contribution in [3.05, 3.63) is 29.3 Å². The van der Waals surface area contributed by atoms with E-state index < -0.39 is 0 Å². The maximum Gasteiger partial charge on any atom is 0.120 e. The Morgan fingerprint density at radius 2 is 2.11 bits per heavy atom. The number of hydrogen-bond acceptors (Lipinski definition) is 2. The molecule has 2 heteroatoms. The molecule has 2 nitrogen and oxygen atoms in total. The Kier molecular flexibility index (Phi) is 3.96. The third kappa shape index (κ3) is 3.05. The molecule has 1 unspecified atom stereocenters. The van der Waals surface area contributed by atoms with Crippen molar-refractivity contribution in [2.45, 2.75) is 59.0 Å². The zero-order valence-electron chi connectivity index (χ0n) is 11.8. The zero-order valence-corrected chi connectivity index (χ0v) is 11.8. The molecule has 2 N–H and O–H groups in total. The van der Waals surface area contributed by atoms with Crippen LogP contribution in [0, 0.1) is 12.3 Å². The van der Waals surface area contributed by atoms with Crippen molar-refractivity contribution in [1.82, 2.24) is 5.32 Å². The van der Waals surface area contributed by atoms with Gasteiger partial charge in [-0.05, 0) is 31.2 Å². The van der Waals surface area contributed by atoms with E-state index in [1.807, 2.05) is 6.07 Å². The normalized spacial score (nSPS) is 22.9. The number of phenolic OH excluding ortho intramolecular Hbond substituents is 1. The maximum absolute atomic E-state index is 9.85. The maximum atomic E-state index is 9.85. The molecule has 0 aliphatic heterocycles. The summed E-state index contributed by atoms with van der Waals surface area (Å²) in [4.78, 5) is 0. The minimum Gasteiger partial charge on any atom is -0.508 e. The van der Waals surface area contributed by atoms with Gasteiger partial charge in [0, 0.05) is 18.2 Å². The largest absolute Gasteiger partial charge is 0.508 e. The van der Waals surface area contributed by atoms with Crippen LogP contribution in [0.1, 0.15) is 50.7 Å². The fraction of sp³-hybridized carbons (Fsp3) is 0.625. The smallest absolute Gasteiger partial charge is 0.120 e. The molecule has 0 amide bonds. The lowest BCUT2D eigenvalue weighted by molar-refractivity contribution is 0.166. The average Bonchev–Trinajstić information content (AvgIpc) is 2.31. The molecule has 0 bridgehead atoms. The molecule has 0 spiro atoms. The molecule has 1 aromatic carbocycles. The van der Waals surface area contributed by atoms with Gasteiger partial charge in [-0.15, -0.1) is 0 Å². The summed E-state index contributed by atoms with van der Waals surface area (Å²) < 4.78 is 0. The minimum atomic E-state index is 0.373. The van der Waals surface area contributed by atoms with Gasteiger partial charge >= 0.3 is 0 Å². The molecule has 1 aromatic rings. The van der Waals surface area contributed by atoms with Crippen molar-refractivity contribution in [1.29, 1.82) is 0 Å². The second kappa shape index (κ2) is 5.31. The first-order valence-corrected chi connectivity index (χ1v) is 7.01. The summed E-state index contributed by atoms with van der Waals surface area (Å²) in [5.74, 6) is 0.404. The van der Waals surface area contributed by atoms with Gasteiger partial charge in [0.2, 0.25) is 0 Å². The molecule has 1 aliphatic rings. The standard InChI is InChI=1S/C16H25NO/c1-12-7-8-14(18)13(10-12)11-17-15-6-4-5-9-16(15,2)3/h7-8,10,15,17-18H,4-6,9,11H2,1-3H3. The van der Waals surface area contributed by atoms with Crippen molar-refractivity contribution in [2.24, 2.45) is 5.41 Å². The molecule has 1 fully saturated rings. The van der Waals surface area contributed by atoms with E-state index in [4.69, 9.17) is 0 Å². The SMILES string of the molecule is Cc1ccc(O)c(CNC2CCCCC2(C)C)c1. The first-order chi connectivity index (χ1) is 8.49. The molecule has 2 rings (SSSR count). The van der Waals surface area contributed by atoms with Crippen molar-refractivity contribution >= 4 is 0 Å². The van der Waals surface area contributed by atoms with E-state index in [1.165, 1.54) is 31.2 Å². The number of nitrogens with one attached hydrogen (secondary N) is 1. The van der Waals surface area contributed by atoms with Crippen molar-refractivity contribution in [2.75, 3.05) is 0 Å². The molecule has 1 aliphatic carbocycles. The number of aromatic hydroxyl groups is 1. The third-order valence-electron chi connectivity index (χ3n) is 4.28. The van der Waals surface area contributed by atoms with Crippen LogP contribution in [-0.4, -0.2) is 11.1 Å². The van der Waals surface area contributed by atoms with Crippen molar-refractivity contribution in [3.8, 4) is 5.75 Å². The highest BCUT2D eigenvalue weighted by atomic mass is 16.3. The minimum absolute atomic E-state index is 0.373. The Morgan fingerprint density at radius 3 is 2.83 bits per heavy atom. The van der Waals surface area contributed by atoms with Gasteiger partial charge in [0.05, 0.1) is 0 Å². The predicted octanol–water partition coefficient (Wildman–Crippen LogP) is 3.76. The van der Waals surface area contributed by atoms with Gasteiger partial charge in [-0.25, -0.2) is 0 Å². The summed E-state index contributed by atoms with van der Waals surface area (Å²) in [7, 11) is 0.